The third-order valence-corrected chi connectivity index (χ3v) is 10.8. The second kappa shape index (κ2) is 46.7. The maximum atomic E-state index is 12.1. The van der Waals surface area contributed by atoms with Gasteiger partial charge < -0.3 is 20.1 Å². The molecule has 1 amide bonds. The molecule has 3 N–H and O–H groups in total. The number of rotatable bonds is 44. The summed E-state index contributed by atoms with van der Waals surface area (Å²) in [7, 11) is -4.44. The van der Waals surface area contributed by atoms with Gasteiger partial charge in [0.25, 0.3) is 0 Å². The van der Waals surface area contributed by atoms with Crippen molar-refractivity contribution >= 4 is 19.7 Å². The number of hydrogen-bond acceptors (Lipinski definition) is 7. The molecule has 0 heterocycles. The van der Waals surface area contributed by atoms with Gasteiger partial charge in [0.2, 0.25) is 5.91 Å². The number of phosphoric ester groups is 1. The summed E-state index contributed by atoms with van der Waals surface area (Å²) in [5.74, 6) is -0.566. The Kier molecular flexibility index (Phi) is 44.5. The Labute approximate surface area is 373 Å². The lowest BCUT2D eigenvalue weighted by atomic mass is 10.1. The normalized spacial score (nSPS) is 14.0. The average molecular weight is 874 g/mol. The number of ether oxygens (including phenoxy) is 1. The molecule has 0 fully saturated rings. The molecular formula is C51H88NO8P. The summed E-state index contributed by atoms with van der Waals surface area (Å²) in [5, 5.41) is 12.7. The number of unbranched alkanes of at least 4 members (excludes halogenated alkanes) is 17. The Bertz CT molecular complexity index is 1270. The Hall–Kier alpha value is -2.81. The molecule has 10 heteroatoms. The van der Waals surface area contributed by atoms with E-state index in [9.17, 15) is 24.2 Å². The van der Waals surface area contributed by atoms with E-state index in [0.717, 1.165) is 77.0 Å². The van der Waals surface area contributed by atoms with E-state index in [-0.39, 0.29) is 32.1 Å². The van der Waals surface area contributed by atoms with E-state index >= 15 is 0 Å². The van der Waals surface area contributed by atoms with Crippen LogP contribution in [0.1, 0.15) is 194 Å². The van der Waals surface area contributed by atoms with Gasteiger partial charge in [-0.2, -0.15) is 0 Å². The molecule has 0 spiro atoms. The van der Waals surface area contributed by atoms with Crippen LogP contribution in [0.25, 0.3) is 0 Å². The summed E-state index contributed by atoms with van der Waals surface area (Å²) in [4.78, 5) is 34.0. The molecule has 9 nitrogen and oxygen atoms in total. The number of hydrogen-bond donors (Lipinski definition) is 3. The Morgan fingerprint density at radius 1 is 0.525 bits per heavy atom. The van der Waals surface area contributed by atoms with Gasteiger partial charge in [0.05, 0.1) is 13.2 Å². The topological polar surface area (TPSA) is 131 Å². The summed E-state index contributed by atoms with van der Waals surface area (Å²) in [5.41, 5.74) is 0. The van der Waals surface area contributed by atoms with Crippen molar-refractivity contribution < 1.29 is 37.9 Å². The van der Waals surface area contributed by atoms with Crippen molar-refractivity contribution in [1.82, 2.24) is 5.32 Å². The quantitative estimate of drug-likeness (QED) is 0.0239. The minimum atomic E-state index is -4.44. The molecule has 0 bridgehead atoms. The number of aliphatic hydroxyl groups excluding tert-OH is 1. The fourth-order valence-electron chi connectivity index (χ4n) is 6.20. The maximum Gasteiger partial charge on any atom is 0.472 e. The lowest BCUT2D eigenvalue weighted by molar-refractivity contribution is -0.147. The van der Waals surface area contributed by atoms with Gasteiger partial charge >= 0.3 is 13.8 Å². The van der Waals surface area contributed by atoms with Crippen LogP contribution < -0.4 is 5.32 Å². The van der Waals surface area contributed by atoms with E-state index < -0.39 is 26.5 Å². The van der Waals surface area contributed by atoms with Gasteiger partial charge in [-0.1, -0.05) is 176 Å². The fourth-order valence-corrected chi connectivity index (χ4v) is 6.96. The van der Waals surface area contributed by atoms with Crippen molar-refractivity contribution in [3.8, 4) is 0 Å². The summed E-state index contributed by atoms with van der Waals surface area (Å²) in [6.07, 6.45) is 59.5. The van der Waals surface area contributed by atoms with Crippen LogP contribution in [-0.4, -0.2) is 54.3 Å². The smallest absolute Gasteiger partial charge is 0.463 e. The summed E-state index contributed by atoms with van der Waals surface area (Å²) < 4.78 is 26.9. The predicted octanol–water partition coefficient (Wildman–Crippen LogP) is 14.0. The molecule has 0 aromatic heterocycles. The third kappa shape index (κ3) is 48.1. The largest absolute Gasteiger partial charge is 0.472 e. The van der Waals surface area contributed by atoms with Crippen molar-refractivity contribution in [1.29, 1.82) is 0 Å². The summed E-state index contributed by atoms with van der Waals surface area (Å²) in [6, 6.07) is 0. The third-order valence-electron chi connectivity index (χ3n) is 9.81. The molecule has 61 heavy (non-hydrogen) atoms. The van der Waals surface area contributed by atoms with E-state index in [1.54, 1.807) is 0 Å². The molecule has 0 saturated carbocycles. The van der Waals surface area contributed by atoms with Gasteiger partial charge in [0.15, 0.2) is 0 Å². The Morgan fingerprint density at radius 3 is 1.44 bits per heavy atom. The molecule has 350 valence electrons. The SMILES string of the molecule is CC/C=C\C/C=C\C/C=C\C/C=C\C/C=C\C/C=C\CCCCC(=O)NCCOP(=O)(O)OCC(O)COC(=O)CCCCCCCCCCC/C=C/CCCCCCCC. The minimum absolute atomic E-state index is 0.0531. The van der Waals surface area contributed by atoms with E-state index in [4.69, 9.17) is 13.8 Å². The first-order valence-electron chi connectivity index (χ1n) is 24.1. The highest BCUT2D eigenvalue weighted by Crippen LogP contribution is 2.42. The van der Waals surface area contributed by atoms with Gasteiger partial charge in [0, 0.05) is 19.4 Å². The molecule has 0 radical (unpaired) electrons. The lowest BCUT2D eigenvalue weighted by Crippen LogP contribution is -2.27. The molecule has 0 rings (SSSR count). The van der Waals surface area contributed by atoms with Crippen LogP contribution in [0, 0.1) is 0 Å². The minimum Gasteiger partial charge on any atom is -0.463 e. The van der Waals surface area contributed by atoms with Crippen molar-refractivity contribution in [2.24, 2.45) is 0 Å². The van der Waals surface area contributed by atoms with Crippen molar-refractivity contribution in [2.75, 3.05) is 26.4 Å². The zero-order chi connectivity index (χ0) is 44.6. The van der Waals surface area contributed by atoms with Crippen LogP contribution in [0.5, 0.6) is 0 Å². The van der Waals surface area contributed by atoms with Crippen LogP contribution in [0.3, 0.4) is 0 Å². The van der Waals surface area contributed by atoms with E-state index in [0.29, 0.717) is 6.42 Å². The first-order chi connectivity index (χ1) is 29.8. The van der Waals surface area contributed by atoms with Crippen LogP contribution in [-0.2, 0) is 27.9 Å². The molecule has 0 aliphatic heterocycles. The van der Waals surface area contributed by atoms with Crippen LogP contribution in [0.4, 0.5) is 0 Å². The van der Waals surface area contributed by atoms with E-state index in [1.807, 2.05) is 0 Å². The molecule has 0 aliphatic carbocycles. The average Bonchev–Trinajstić information content (AvgIpc) is 3.25. The molecule has 0 saturated heterocycles. The van der Waals surface area contributed by atoms with Gasteiger partial charge in [-0.05, 0) is 89.9 Å². The van der Waals surface area contributed by atoms with Gasteiger partial charge in [0.1, 0.15) is 12.7 Å². The highest BCUT2D eigenvalue weighted by atomic mass is 31.2. The molecule has 2 unspecified atom stereocenters. The second-order valence-corrected chi connectivity index (χ2v) is 17.1. The fraction of sp³-hybridized carbons (Fsp3) is 0.686. The highest BCUT2D eigenvalue weighted by molar-refractivity contribution is 7.47. The van der Waals surface area contributed by atoms with Crippen molar-refractivity contribution in [3.05, 3.63) is 85.1 Å². The number of aliphatic hydroxyl groups is 1. The van der Waals surface area contributed by atoms with Gasteiger partial charge in [-0.3, -0.25) is 18.6 Å². The van der Waals surface area contributed by atoms with Crippen LogP contribution in [0.15, 0.2) is 85.1 Å². The number of nitrogens with one attached hydrogen (secondary N) is 1. The zero-order valence-electron chi connectivity index (χ0n) is 38.6. The van der Waals surface area contributed by atoms with Gasteiger partial charge in [-0.25, -0.2) is 4.57 Å². The molecule has 0 aromatic rings. The first-order valence-corrected chi connectivity index (χ1v) is 25.6. The zero-order valence-corrected chi connectivity index (χ0v) is 39.5. The number of carbonyl (C=O) groups excluding carboxylic acids is 2. The van der Waals surface area contributed by atoms with Crippen LogP contribution >= 0.6 is 7.82 Å². The Morgan fingerprint density at radius 2 is 0.934 bits per heavy atom. The number of phosphoric acid groups is 1. The van der Waals surface area contributed by atoms with Crippen molar-refractivity contribution in [2.45, 2.75) is 200 Å². The van der Waals surface area contributed by atoms with E-state index in [2.05, 4.69) is 104 Å². The standard InChI is InChI=1S/C51H88NO8P/c1-3-5-7-9-11-13-15-17-19-21-23-24-26-27-29-31-33-35-37-39-41-43-50(54)52-45-46-59-61(56,57)60-48-49(53)47-58-51(55)44-42-40-38-36-34-32-30-28-25-22-20-18-16-14-12-10-8-6-4-2/h5,7,11,13,17-20,23-24,27,29,33,35,49,53H,3-4,6,8-10,12,14-16,21-22,25-26,28,30-32,34,36-48H2,1-2H3,(H,52,54)(H,56,57)/b7-5-,13-11-,19-17-,20-18+,24-23-,29-27-,35-33-. The first kappa shape index (κ1) is 58.2. The summed E-state index contributed by atoms with van der Waals surface area (Å²) >= 11 is 0. The molecule has 2 atom stereocenters. The highest BCUT2D eigenvalue weighted by Gasteiger charge is 2.23. The van der Waals surface area contributed by atoms with Crippen molar-refractivity contribution in [3.63, 3.8) is 0 Å². The molecule has 0 aromatic carbocycles. The second-order valence-electron chi connectivity index (χ2n) is 15.7. The van der Waals surface area contributed by atoms with Gasteiger partial charge in [-0.15, -0.1) is 0 Å². The monoisotopic (exact) mass is 874 g/mol. The predicted molar refractivity (Wildman–Crippen MR) is 256 cm³/mol. The number of esters is 1. The van der Waals surface area contributed by atoms with E-state index in [1.165, 1.54) is 89.9 Å². The maximum absolute atomic E-state index is 12.1. The Balaban J connectivity index is 3.67. The van der Waals surface area contributed by atoms with Crippen LogP contribution in [0.2, 0.25) is 0 Å². The molecule has 0 aliphatic rings. The number of carbonyl (C=O) groups is 2. The number of amides is 1. The lowest BCUT2D eigenvalue weighted by Gasteiger charge is -2.15. The number of allylic oxidation sites excluding steroid dienone is 14. The summed E-state index contributed by atoms with van der Waals surface area (Å²) in [6.45, 7) is 3.38. The molecular weight excluding hydrogens is 786 g/mol.